The third kappa shape index (κ3) is 5.14. The van der Waals surface area contributed by atoms with Crippen molar-refractivity contribution in [3.63, 3.8) is 0 Å². The van der Waals surface area contributed by atoms with E-state index in [1.807, 2.05) is 13.0 Å². The summed E-state index contributed by atoms with van der Waals surface area (Å²) < 4.78 is 10.8. The average molecular weight is 411 g/mol. The maximum absolute atomic E-state index is 12.4. The van der Waals surface area contributed by atoms with E-state index in [0.29, 0.717) is 54.5 Å². The van der Waals surface area contributed by atoms with Gasteiger partial charge in [0.2, 0.25) is 5.88 Å². The zero-order valence-corrected chi connectivity index (χ0v) is 16.4. The van der Waals surface area contributed by atoms with Crippen molar-refractivity contribution in [3.05, 3.63) is 40.4 Å². The van der Waals surface area contributed by atoms with Crippen LogP contribution in [0.2, 0.25) is 10.0 Å². The lowest BCUT2D eigenvalue weighted by Crippen LogP contribution is -2.50. The van der Waals surface area contributed by atoms with Gasteiger partial charge in [-0.3, -0.25) is 4.79 Å². The molecule has 0 saturated carbocycles. The predicted molar refractivity (Wildman–Crippen MR) is 104 cm³/mol. The third-order valence-electron chi connectivity index (χ3n) is 4.12. The molecule has 7 nitrogen and oxygen atoms in total. The lowest BCUT2D eigenvalue weighted by atomic mass is 10.3. The molecule has 0 radical (unpaired) electrons. The molecule has 144 valence electrons. The summed E-state index contributed by atoms with van der Waals surface area (Å²) in [5, 5.41) is 9.12. The molecule has 0 bridgehead atoms. The van der Waals surface area contributed by atoms with E-state index in [4.69, 9.17) is 32.7 Å². The van der Waals surface area contributed by atoms with E-state index in [1.165, 1.54) is 0 Å². The number of aromatic nitrogens is 2. The van der Waals surface area contributed by atoms with Gasteiger partial charge in [-0.2, -0.15) is 0 Å². The Kier molecular flexibility index (Phi) is 6.58. The molecule has 1 amide bonds. The van der Waals surface area contributed by atoms with Crippen molar-refractivity contribution in [1.82, 2.24) is 15.1 Å². The van der Waals surface area contributed by atoms with E-state index in [9.17, 15) is 4.79 Å². The number of hydrogen-bond donors (Lipinski definition) is 0. The molecule has 1 aliphatic heterocycles. The minimum atomic E-state index is -0.0848. The van der Waals surface area contributed by atoms with Crippen LogP contribution in [0.15, 0.2) is 30.3 Å². The molecule has 1 aromatic heterocycles. The molecule has 0 N–H and O–H groups in total. The number of hydrogen-bond acceptors (Lipinski definition) is 6. The van der Waals surface area contributed by atoms with Crippen LogP contribution < -0.4 is 14.4 Å². The van der Waals surface area contributed by atoms with Gasteiger partial charge in [0.05, 0.1) is 11.6 Å². The summed E-state index contributed by atoms with van der Waals surface area (Å²) in [4.78, 5) is 16.2. The summed E-state index contributed by atoms with van der Waals surface area (Å²) >= 11 is 11.9. The molecule has 1 fully saturated rings. The van der Waals surface area contributed by atoms with Crippen molar-refractivity contribution in [3.8, 4) is 11.6 Å². The number of carbonyl (C=O) groups excluding carboxylic acids is 1. The minimum Gasteiger partial charge on any atom is -0.482 e. The Balaban J connectivity index is 1.48. The lowest BCUT2D eigenvalue weighted by Gasteiger charge is -2.35. The van der Waals surface area contributed by atoms with Gasteiger partial charge in [0.1, 0.15) is 5.75 Å². The van der Waals surface area contributed by atoms with E-state index in [-0.39, 0.29) is 12.5 Å². The first-order valence-electron chi connectivity index (χ1n) is 8.64. The van der Waals surface area contributed by atoms with E-state index in [2.05, 4.69) is 15.1 Å². The van der Waals surface area contributed by atoms with Crippen molar-refractivity contribution >= 4 is 34.9 Å². The molecule has 0 atom stereocenters. The van der Waals surface area contributed by atoms with Gasteiger partial charge in [0.25, 0.3) is 5.91 Å². The number of anilines is 1. The molecular formula is C18H20Cl2N4O3. The van der Waals surface area contributed by atoms with Gasteiger partial charge in [-0.1, -0.05) is 23.2 Å². The number of piperazine rings is 1. The smallest absolute Gasteiger partial charge is 0.260 e. The Morgan fingerprint density at radius 1 is 1.07 bits per heavy atom. The van der Waals surface area contributed by atoms with E-state index in [0.717, 1.165) is 5.82 Å². The largest absolute Gasteiger partial charge is 0.482 e. The van der Waals surface area contributed by atoms with Crippen LogP contribution in [0.1, 0.15) is 6.92 Å². The van der Waals surface area contributed by atoms with Crippen LogP contribution in [-0.2, 0) is 4.79 Å². The lowest BCUT2D eigenvalue weighted by molar-refractivity contribution is -0.133. The van der Waals surface area contributed by atoms with Crippen LogP contribution >= 0.6 is 23.2 Å². The zero-order chi connectivity index (χ0) is 19.2. The predicted octanol–water partition coefficient (Wildman–Crippen LogP) is 2.91. The van der Waals surface area contributed by atoms with Gasteiger partial charge in [-0.05, 0) is 31.2 Å². The average Bonchev–Trinajstić information content (AvgIpc) is 2.68. The number of halogens is 2. The summed E-state index contributed by atoms with van der Waals surface area (Å²) in [5.74, 6) is 1.64. The second-order valence-electron chi connectivity index (χ2n) is 5.89. The molecule has 0 spiro atoms. The zero-order valence-electron chi connectivity index (χ0n) is 14.9. The van der Waals surface area contributed by atoms with E-state index in [1.54, 1.807) is 29.2 Å². The van der Waals surface area contributed by atoms with Gasteiger partial charge in [-0.15, -0.1) is 10.2 Å². The van der Waals surface area contributed by atoms with Gasteiger partial charge in [0, 0.05) is 37.3 Å². The Labute approximate surface area is 167 Å². The normalized spacial score (nSPS) is 14.2. The SMILES string of the molecule is CCOc1ccc(N2CCN(C(=O)COc3ccc(Cl)cc3Cl)CC2)nn1. The van der Waals surface area contributed by atoms with E-state index >= 15 is 0 Å². The molecule has 2 heterocycles. The van der Waals surface area contributed by atoms with Crippen molar-refractivity contribution < 1.29 is 14.3 Å². The highest BCUT2D eigenvalue weighted by Gasteiger charge is 2.22. The maximum atomic E-state index is 12.4. The Hall–Kier alpha value is -2.25. The van der Waals surface area contributed by atoms with Gasteiger partial charge < -0.3 is 19.3 Å². The molecule has 27 heavy (non-hydrogen) atoms. The summed E-state index contributed by atoms with van der Waals surface area (Å²) in [5.41, 5.74) is 0. The molecule has 3 rings (SSSR count). The van der Waals surface area contributed by atoms with Crippen LogP contribution in [-0.4, -0.2) is 60.4 Å². The van der Waals surface area contributed by atoms with Gasteiger partial charge >= 0.3 is 0 Å². The van der Waals surface area contributed by atoms with Crippen LogP contribution in [0.4, 0.5) is 5.82 Å². The van der Waals surface area contributed by atoms with Gasteiger partial charge in [-0.25, -0.2) is 0 Å². The standard InChI is InChI=1S/C18H20Cl2N4O3/c1-2-26-17-6-5-16(21-22-17)23-7-9-24(10-8-23)18(25)12-27-15-4-3-13(19)11-14(15)20/h3-6,11H,2,7-10,12H2,1H3. The molecule has 1 aromatic carbocycles. The number of benzene rings is 1. The molecule has 0 aliphatic carbocycles. The van der Waals surface area contributed by atoms with Crippen molar-refractivity contribution in [2.45, 2.75) is 6.92 Å². The summed E-state index contributed by atoms with van der Waals surface area (Å²) in [6.07, 6.45) is 0. The number of ether oxygens (including phenoxy) is 2. The van der Waals surface area contributed by atoms with Crippen molar-refractivity contribution in [1.29, 1.82) is 0 Å². The number of rotatable bonds is 6. The first-order valence-corrected chi connectivity index (χ1v) is 9.39. The first kappa shape index (κ1) is 19.5. The Bertz CT molecular complexity index is 781. The molecule has 9 heteroatoms. The highest BCUT2D eigenvalue weighted by molar-refractivity contribution is 6.35. The first-order chi connectivity index (χ1) is 13.1. The fourth-order valence-electron chi connectivity index (χ4n) is 2.71. The van der Waals surface area contributed by atoms with E-state index < -0.39 is 0 Å². The minimum absolute atomic E-state index is 0.0653. The molecule has 2 aromatic rings. The summed E-state index contributed by atoms with van der Waals surface area (Å²) in [6, 6.07) is 8.58. The number of nitrogens with zero attached hydrogens (tertiary/aromatic N) is 4. The fraction of sp³-hybridized carbons (Fsp3) is 0.389. The number of amides is 1. The molecule has 1 saturated heterocycles. The quantitative estimate of drug-likeness (QED) is 0.728. The van der Waals surface area contributed by atoms with Crippen LogP contribution in [0.25, 0.3) is 0 Å². The monoisotopic (exact) mass is 410 g/mol. The van der Waals surface area contributed by atoms with Crippen molar-refractivity contribution in [2.24, 2.45) is 0 Å². The van der Waals surface area contributed by atoms with Crippen LogP contribution in [0, 0.1) is 0 Å². The Morgan fingerprint density at radius 2 is 1.85 bits per heavy atom. The summed E-state index contributed by atoms with van der Waals surface area (Å²) in [7, 11) is 0. The fourth-order valence-corrected chi connectivity index (χ4v) is 3.18. The molecule has 0 unspecified atom stereocenters. The Morgan fingerprint density at radius 3 is 2.48 bits per heavy atom. The maximum Gasteiger partial charge on any atom is 0.260 e. The number of carbonyl (C=O) groups is 1. The van der Waals surface area contributed by atoms with Crippen LogP contribution in [0.5, 0.6) is 11.6 Å². The topological polar surface area (TPSA) is 67.8 Å². The second kappa shape index (κ2) is 9.10. The summed E-state index contributed by atoms with van der Waals surface area (Å²) in [6.45, 7) is 4.92. The third-order valence-corrected chi connectivity index (χ3v) is 4.65. The van der Waals surface area contributed by atoms with Crippen LogP contribution in [0.3, 0.4) is 0 Å². The molecule has 1 aliphatic rings. The van der Waals surface area contributed by atoms with Gasteiger partial charge in [0.15, 0.2) is 12.4 Å². The highest BCUT2D eigenvalue weighted by Crippen LogP contribution is 2.27. The molecular weight excluding hydrogens is 391 g/mol. The second-order valence-corrected chi connectivity index (χ2v) is 6.74. The highest BCUT2D eigenvalue weighted by atomic mass is 35.5. The van der Waals surface area contributed by atoms with Crippen molar-refractivity contribution in [2.75, 3.05) is 44.3 Å².